The van der Waals surface area contributed by atoms with Crippen molar-refractivity contribution < 1.29 is 14.3 Å². The fourth-order valence-electron chi connectivity index (χ4n) is 2.37. The highest BCUT2D eigenvalue weighted by Crippen LogP contribution is 2.17. The number of urea groups is 1. The van der Waals surface area contributed by atoms with Crippen LogP contribution in [0.5, 0.6) is 5.75 Å². The van der Waals surface area contributed by atoms with Gasteiger partial charge in [0, 0.05) is 18.7 Å². The molecule has 0 aliphatic carbocycles. The van der Waals surface area contributed by atoms with Gasteiger partial charge in [0.1, 0.15) is 5.75 Å². The minimum Gasteiger partial charge on any atom is -0.496 e. The predicted octanol–water partition coefficient (Wildman–Crippen LogP) is 2.06. The molecule has 2 rings (SSSR count). The Hall–Kier alpha value is -1.75. The highest BCUT2D eigenvalue weighted by Gasteiger charge is 2.23. The summed E-state index contributed by atoms with van der Waals surface area (Å²) in [5, 5.41) is 5.76. The summed E-state index contributed by atoms with van der Waals surface area (Å²) in [5.41, 5.74) is 0.954. The molecular weight excluding hydrogens is 256 g/mol. The number of amides is 2. The molecule has 1 saturated heterocycles. The Labute approximate surface area is 119 Å². The third-order valence-electron chi connectivity index (χ3n) is 3.51. The molecule has 2 atom stereocenters. The van der Waals surface area contributed by atoms with Gasteiger partial charge in [0.15, 0.2) is 0 Å². The first-order chi connectivity index (χ1) is 9.70. The van der Waals surface area contributed by atoms with Gasteiger partial charge in [0.05, 0.1) is 19.3 Å². The number of methoxy groups -OCH3 is 1. The van der Waals surface area contributed by atoms with Gasteiger partial charge >= 0.3 is 6.03 Å². The van der Waals surface area contributed by atoms with E-state index in [0.29, 0.717) is 6.54 Å². The Bertz CT molecular complexity index is 444. The van der Waals surface area contributed by atoms with Crippen LogP contribution in [0.4, 0.5) is 4.79 Å². The number of carbonyl (C=O) groups is 1. The van der Waals surface area contributed by atoms with Crippen molar-refractivity contribution in [1.29, 1.82) is 0 Å². The van der Waals surface area contributed by atoms with Crippen LogP contribution in [0.25, 0.3) is 0 Å². The van der Waals surface area contributed by atoms with Gasteiger partial charge < -0.3 is 20.1 Å². The summed E-state index contributed by atoms with van der Waals surface area (Å²) in [6, 6.07) is 7.48. The van der Waals surface area contributed by atoms with Crippen molar-refractivity contribution in [3.8, 4) is 5.75 Å². The van der Waals surface area contributed by atoms with Crippen LogP contribution < -0.4 is 15.4 Å². The normalized spacial score (nSPS) is 19.4. The van der Waals surface area contributed by atoms with E-state index in [2.05, 4.69) is 10.6 Å². The van der Waals surface area contributed by atoms with Gasteiger partial charge in [-0.25, -0.2) is 4.79 Å². The van der Waals surface area contributed by atoms with E-state index < -0.39 is 0 Å². The molecule has 5 heteroatoms. The number of para-hydroxylation sites is 1. The molecule has 0 radical (unpaired) electrons. The van der Waals surface area contributed by atoms with E-state index in [4.69, 9.17) is 9.47 Å². The maximum Gasteiger partial charge on any atom is 0.315 e. The molecule has 0 bridgehead atoms. The zero-order chi connectivity index (χ0) is 14.4. The Morgan fingerprint density at radius 1 is 1.50 bits per heavy atom. The van der Waals surface area contributed by atoms with E-state index in [1.54, 1.807) is 7.11 Å². The molecule has 1 heterocycles. The lowest BCUT2D eigenvalue weighted by Crippen LogP contribution is -2.45. The van der Waals surface area contributed by atoms with Crippen molar-refractivity contribution in [2.24, 2.45) is 0 Å². The first-order valence-electron chi connectivity index (χ1n) is 6.98. The van der Waals surface area contributed by atoms with E-state index in [0.717, 1.165) is 30.8 Å². The van der Waals surface area contributed by atoms with E-state index in [1.807, 2.05) is 31.2 Å². The van der Waals surface area contributed by atoms with Crippen molar-refractivity contribution in [2.45, 2.75) is 38.5 Å². The third-order valence-corrected chi connectivity index (χ3v) is 3.51. The first-order valence-corrected chi connectivity index (χ1v) is 6.98. The molecule has 1 aliphatic heterocycles. The number of benzene rings is 1. The summed E-state index contributed by atoms with van der Waals surface area (Å²) in [7, 11) is 1.62. The molecule has 2 amide bonds. The topological polar surface area (TPSA) is 59.6 Å². The Morgan fingerprint density at radius 3 is 3.00 bits per heavy atom. The quantitative estimate of drug-likeness (QED) is 0.866. The van der Waals surface area contributed by atoms with Crippen LogP contribution in [0.2, 0.25) is 0 Å². The molecule has 5 nitrogen and oxygen atoms in total. The molecular formula is C15H22N2O3. The highest BCUT2D eigenvalue weighted by molar-refractivity contribution is 5.74. The molecule has 1 fully saturated rings. The van der Waals surface area contributed by atoms with Crippen LogP contribution in [-0.4, -0.2) is 31.9 Å². The Morgan fingerprint density at radius 2 is 2.30 bits per heavy atom. The van der Waals surface area contributed by atoms with Crippen molar-refractivity contribution >= 4 is 6.03 Å². The lowest BCUT2D eigenvalue weighted by molar-refractivity contribution is 0.0860. The second kappa shape index (κ2) is 7.14. The SMILES string of the molecule is COc1ccccc1CNC(=O)N[C@H](C)[C@@H]1CCCO1. The number of ether oxygens (including phenoxy) is 2. The maximum absolute atomic E-state index is 11.9. The third kappa shape index (κ3) is 3.87. The average molecular weight is 278 g/mol. The minimum atomic E-state index is -0.182. The molecule has 1 aliphatic rings. The average Bonchev–Trinajstić information content (AvgIpc) is 2.99. The standard InChI is InChI=1S/C15H22N2O3/c1-11(13-8-5-9-20-13)17-15(18)16-10-12-6-3-4-7-14(12)19-2/h3-4,6-7,11,13H,5,8-10H2,1-2H3,(H2,16,17,18)/t11-,13+/m1/s1. The minimum absolute atomic E-state index is 0.0233. The van der Waals surface area contributed by atoms with Crippen LogP contribution in [0.1, 0.15) is 25.3 Å². The molecule has 0 spiro atoms. The number of hydrogen-bond donors (Lipinski definition) is 2. The second-order valence-electron chi connectivity index (χ2n) is 4.98. The Balaban J connectivity index is 1.79. The predicted molar refractivity (Wildman–Crippen MR) is 76.8 cm³/mol. The van der Waals surface area contributed by atoms with Gasteiger partial charge in [0.25, 0.3) is 0 Å². The summed E-state index contributed by atoms with van der Waals surface area (Å²) in [4.78, 5) is 11.9. The zero-order valence-electron chi connectivity index (χ0n) is 12.0. The molecule has 0 saturated carbocycles. The molecule has 0 aromatic heterocycles. The second-order valence-corrected chi connectivity index (χ2v) is 4.98. The summed E-state index contributed by atoms with van der Waals surface area (Å²) in [6.07, 6.45) is 2.21. The van der Waals surface area contributed by atoms with Crippen LogP contribution in [-0.2, 0) is 11.3 Å². The summed E-state index contributed by atoms with van der Waals surface area (Å²) < 4.78 is 10.8. The van der Waals surface area contributed by atoms with E-state index >= 15 is 0 Å². The maximum atomic E-state index is 11.9. The van der Waals surface area contributed by atoms with E-state index in [-0.39, 0.29) is 18.2 Å². The molecule has 0 unspecified atom stereocenters. The van der Waals surface area contributed by atoms with Crippen LogP contribution in [0, 0.1) is 0 Å². The summed E-state index contributed by atoms with van der Waals surface area (Å²) in [5.74, 6) is 0.778. The molecule has 20 heavy (non-hydrogen) atoms. The fraction of sp³-hybridized carbons (Fsp3) is 0.533. The number of nitrogens with one attached hydrogen (secondary N) is 2. The largest absolute Gasteiger partial charge is 0.496 e. The summed E-state index contributed by atoms with van der Waals surface area (Å²) in [6.45, 7) is 3.20. The van der Waals surface area contributed by atoms with Gasteiger partial charge in [-0.1, -0.05) is 18.2 Å². The molecule has 110 valence electrons. The van der Waals surface area contributed by atoms with Crippen molar-refractivity contribution in [3.05, 3.63) is 29.8 Å². The van der Waals surface area contributed by atoms with Crippen molar-refractivity contribution in [3.63, 3.8) is 0 Å². The number of hydrogen-bond acceptors (Lipinski definition) is 3. The van der Waals surface area contributed by atoms with E-state index in [9.17, 15) is 4.79 Å². The highest BCUT2D eigenvalue weighted by atomic mass is 16.5. The molecule has 2 N–H and O–H groups in total. The first kappa shape index (κ1) is 14.7. The fourth-order valence-corrected chi connectivity index (χ4v) is 2.37. The smallest absolute Gasteiger partial charge is 0.315 e. The van der Waals surface area contributed by atoms with E-state index in [1.165, 1.54) is 0 Å². The monoisotopic (exact) mass is 278 g/mol. The van der Waals surface area contributed by atoms with Crippen molar-refractivity contribution in [1.82, 2.24) is 10.6 Å². The zero-order valence-corrected chi connectivity index (χ0v) is 12.0. The Kier molecular flexibility index (Phi) is 5.24. The van der Waals surface area contributed by atoms with Crippen molar-refractivity contribution in [2.75, 3.05) is 13.7 Å². The lowest BCUT2D eigenvalue weighted by Gasteiger charge is -2.20. The lowest BCUT2D eigenvalue weighted by atomic mass is 10.1. The van der Waals surface area contributed by atoms with Gasteiger partial charge in [-0.2, -0.15) is 0 Å². The van der Waals surface area contributed by atoms with Gasteiger partial charge in [-0.15, -0.1) is 0 Å². The van der Waals surface area contributed by atoms with Gasteiger partial charge in [-0.3, -0.25) is 0 Å². The van der Waals surface area contributed by atoms with Crippen LogP contribution in [0.3, 0.4) is 0 Å². The van der Waals surface area contributed by atoms with Gasteiger partial charge in [-0.05, 0) is 25.8 Å². The van der Waals surface area contributed by atoms with Crippen LogP contribution in [0.15, 0.2) is 24.3 Å². The van der Waals surface area contributed by atoms with Gasteiger partial charge in [0.2, 0.25) is 0 Å². The number of carbonyl (C=O) groups excluding carboxylic acids is 1. The van der Waals surface area contributed by atoms with Crippen LogP contribution >= 0.6 is 0 Å². The number of rotatable bonds is 5. The summed E-state index contributed by atoms with van der Waals surface area (Å²) >= 11 is 0. The molecule has 1 aromatic carbocycles. The molecule has 1 aromatic rings.